The highest BCUT2D eigenvalue weighted by molar-refractivity contribution is 5.65. The zero-order valence-electron chi connectivity index (χ0n) is 53.8. The molecule has 0 atom stereocenters. The van der Waals surface area contributed by atoms with Crippen LogP contribution in [0.3, 0.4) is 0 Å². The lowest BCUT2D eigenvalue weighted by Gasteiger charge is -1.90. The molecule has 0 spiro atoms. The van der Waals surface area contributed by atoms with Crippen molar-refractivity contribution in [3.63, 3.8) is 0 Å². The van der Waals surface area contributed by atoms with Crippen LogP contribution in [0.1, 0.15) is 427 Å². The minimum absolute atomic E-state index is 0.211. The number of carbonyl (C=O) groups excluding carboxylic acids is 1. The Bertz CT molecular complexity index is 438. The van der Waals surface area contributed by atoms with Gasteiger partial charge in [-0.1, -0.05) is 414 Å². The lowest BCUT2D eigenvalue weighted by Crippen LogP contribution is -1.95. The van der Waals surface area contributed by atoms with Crippen LogP contribution in [0, 0.1) is 0 Å². The van der Waals surface area contributed by atoms with Crippen LogP contribution < -0.4 is 0 Å². The summed E-state index contributed by atoms with van der Waals surface area (Å²) >= 11 is 0. The van der Waals surface area contributed by atoms with E-state index in [4.69, 9.17) is 0 Å². The molecule has 0 saturated carbocycles. The number of carbonyl (C=O) groups is 1. The van der Waals surface area contributed by atoms with E-state index in [9.17, 15) is 4.79 Å². The Hall–Kier alpha value is -0.530. The predicted octanol–water partition coefficient (Wildman–Crippen LogP) is 27.4. The molecule has 2 nitrogen and oxygen atoms in total. The Balaban J connectivity index is -0.0000000701. The molecule has 0 aromatic rings. The Morgan fingerprint density at radius 3 is 0.304 bits per heavy atom. The fraction of sp³-hybridized carbons (Fsp3) is 0.985. The van der Waals surface area contributed by atoms with Gasteiger partial charge in [-0.3, -0.25) is 4.79 Å². The highest BCUT2D eigenvalue weighted by atomic mass is 16.5. The van der Waals surface area contributed by atoms with Crippen molar-refractivity contribution in [3.8, 4) is 0 Å². The zero-order chi connectivity index (χ0) is 54.8. The summed E-state index contributed by atoms with van der Waals surface area (Å²) < 4.78 is 4.40. The van der Waals surface area contributed by atoms with Crippen LogP contribution in [-0.2, 0) is 9.53 Å². The van der Waals surface area contributed by atoms with Gasteiger partial charge < -0.3 is 4.74 Å². The molecule has 0 radical (unpaired) electrons. The second-order valence-corrected chi connectivity index (χ2v) is 19.5. The van der Waals surface area contributed by atoms with Crippen molar-refractivity contribution in [1.29, 1.82) is 0 Å². The molecule has 2 heteroatoms. The maximum atomic E-state index is 9.82. The van der Waals surface area contributed by atoms with Crippen molar-refractivity contribution in [3.05, 3.63) is 0 Å². The van der Waals surface area contributed by atoms with Crippen molar-refractivity contribution in [2.45, 2.75) is 427 Å². The van der Waals surface area contributed by atoms with E-state index in [1.54, 1.807) is 6.92 Å². The fourth-order valence-electron chi connectivity index (χ4n) is 6.29. The first-order valence-electron chi connectivity index (χ1n) is 32.6. The normalized spacial score (nSPS) is 9.28. The van der Waals surface area contributed by atoms with Crippen molar-refractivity contribution in [2.24, 2.45) is 0 Å². The van der Waals surface area contributed by atoms with E-state index >= 15 is 0 Å². The van der Waals surface area contributed by atoms with Gasteiger partial charge in [0.1, 0.15) is 0 Å². The molecule has 0 aromatic heterocycles. The average molecular weight is 990 g/mol. The molecule has 0 unspecified atom stereocenters. The van der Waals surface area contributed by atoms with Crippen LogP contribution in [0.25, 0.3) is 0 Å². The highest BCUT2D eigenvalue weighted by Crippen LogP contribution is 2.05. The molecular weight excluding hydrogens is 837 g/mol. The van der Waals surface area contributed by atoms with Crippen molar-refractivity contribution in [1.82, 2.24) is 0 Å². The SMILES string of the molecule is CCCCCCC.CCCCCCC.CCCCCCC.CCCCCCC.CCCCCCC.CCCCCCC.CCCCCCC.CCCCCCC.CCCCCCC.CCOC(C)=O. The van der Waals surface area contributed by atoms with E-state index < -0.39 is 0 Å². The summed E-state index contributed by atoms with van der Waals surface area (Å²) in [6.07, 6.45) is 63.1. The first-order chi connectivity index (χ1) is 33.5. The Kier molecular flexibility index (Phi) is 161. The van der Waals surface area contributed by atoms with Gasteiger partial charge in [0, 0.05) is 6.92 Å². The fourth-order valence-corrected chi connectivity index (χ4v) is 6.29. The van der Waals surface area contributed by atoms with E-state index in [-0.39, 0.29) is 5.97 Å². The molecular formula is C67H152O2. The second-order valence-electron chi connectivity index (χ2n) is 19.5. The minimum atomic E-state index is -0.211. The van der Waals surface area contributed by atoms with E-state index in [2.05, 4.69) is 129 Å². The largest absolute Gasteiger partial charge is 0.466 e. The Morgan fingerprint density at radius 1 is 0.188 bits per heavy atom. The summed E-state index contributed by atoms with van der Waals surface area (Å²) in [6, 6.07) is 0. The van der Waals surface area contributed by atoms with Crippen LogP contribution in [0.15, 0.2) is 0 Å². The lowest BCUT2D eigenvalue weighted by molar-refractivity contribution is -0.140. The number of rotatable bonds is 37. The van der Waals surface area contributed by atoms with E-state index in [1.807, 2.05) is 0 Å². The topological polar surface area (TPSA) is 26.3 Å². The molecule has 0 saturated heterocycles. The Morgan fingerprint density at radius 2 is 0.275 bits per heavy atom. The van der Waals surface area contributed by atoms with Gasteiger partial charge in [0.2, 0.25) is 0 Å². The lowest BCUT2D eigenvalue weighted by atomic mass is 10.2. The van der Waals surface area contributed by atoms with Gasteiger partial charge >= 0.3 is 5.97 Å². The maximum Gasteiger partial charge on any atom is 0.302 e. The Labute approximate surface area is 447 Å². The minimum Gasteiger partial charge on any atom is -0.466 e. The molecule has 0 heterocycles. The highest BCUT2D eigenvalue weighted by Gasteiger charge is 1.85. The summed E-state index contributed by atoms with van der Waals surface area (Å²) in [5.41, 5.74) is 0. The van der Waals surface area contributed by atoms with E-state index in [1.165, 1.54) is 296 Å². The third-order valence-corrected chi connectivity index (χ3v) is 11.2. The predicted molar refractivity (Wildman–Crippen MR) is 332 cm³/mol. The summed E-state index contributed by atoms with van der Waals surface area (Å²) in [4.78, 5) is 9.82. The average Bonchev–Trinajstić information content (AvgIpc) is 3.35. The van der Waals surface area contributed by atoms with Gasteiger partial charge in [0.05, 0.1) is 6.61 Å². The van der Waals surface area contributed by atoms with Gasteiger partial charge in [0.15, 0.2) is 0 Å². The molecule has 0 aliphatic rings. The monoisotopic (exact) mass is 989 g/mol. The number of hydrogen-bond donors (Lipinski definition) is 0. The number of hydrogen-bond acceptors (Lipinski definition) is 2. The molecule has 0 bridgehead atoms. The molecule has 0 amide bonds. The molecule has 0 rings (SSSR count). The number of ether oxygens (including phenoxy) is 1. The smallest absolute Gasteiger partial charge is 0.302 e. The molecule has 0 N–H and O–H groups in total. The number of unbranched alkanes of at least 4 members (excludes halogenated alkanes) is 36. The van der Waals surface area contributed by atoms with E-state index in [0.717, 1.165) is 0 Å². The summed E-state index contributed by atoms with van der Waals surface area (Å²) in [5, 5.41) is 0. The third-order valence-electron chi connectivity index (χ3n) is 11.2. The molecule has 0 aromatic carbocycles. The summed E-state index contributed by atoms with van der Waals surface area (Å²) in [5.74, 6) is -0.211. The molecule has 432 valence electrons. The van der Waals surface area contributed by atoms with Gasteiger partial charge in [-0.05, 0) is 6.92 Å². The maximum absolute atomic E-state index is 9.82. The number of esters is 1. The first-order valence-corrected chi connectivity index (χ1v) is 32.6. The molecule has 69 heavy (non-hydrogen) atoms. The van der Waals surface area contributed by atoms with Crippen molar-refractivity contribution >= 4 is 5.97 Å². The van der Waals surface area contributed by atoms with Crippen LogP contribution in [0.5, 0.6) is 0 Å². The first kappa shape index (κ1) is 91.2. The second kappa shape index (κ2) is 122. The summed E-state index contributed by atoms with van der Waals surface area (Å²) in [6.45, 7) is 44.1. The molecule has 0 aliphatic heterocycles. The third kappa shape index (κ3) is 195. The summed E-state index contributed by atoms with van der Waals surface area (Å²) in [7, 11) is 0. The standard InChI is InChI=1S/9C7H16.C4H8O2/c9*1-3-5-7-6-4-2;1-3-6-4(2)5/h9*3-7H2,1-2H3;3H2,1-2H3. The van der Waals surface area contributed by atoms with Crippen LogP contribution in [0.4, 0.5) is 0 Å². The molecule has 0 aliphatic carbocycles. The quantitative estimate of drug-likeness (QED) is 0.0458. The van der Waals surface area contributed by atoms with Gasteiger partial charge in [-0.25, -0.2) is 0 Å². The van der Waals surface area contributed by atoms with Gasteiger partial charge in [-0.15, -0.1) is 0 Å². The van der Waals surface area contributed by atoms with Gasteiger partial charge in [0.25, 0.3) is 0 Å². The zero-order valence-corrected chi connectivity index (χ0v) is 53.8. The molecule has 0 fully saturated rings. The van der Waals surface area contributed by atoms with Crippen LogP contribution >= 0.6 is 0 Å². The van der Waals surface area contributed by atoms with Crippen molar-refractivity contribution < 1.29 is 9.53 Å². The van der Waals surface area contributed by atoms with Gasteiger partial charge in [-0.2, -0.15) is 0 Å². The van der Waals surface area contributed by atoms with Crippen LogP contribution in [-0.4, -0.2) is 12.6 Å². The van der Waals surface area contributed by atoms with E-state index in [0.29, 0.717) is 6.61 Å². The van der Waals surface area contributed by atoms with Crippen LogP contribution in [0.2, 0.25) is 0 Å². The van der Waals surface area contributed by atoms with Crippen molar-refractivity contribution in [2.75, 3.05) is 6.61 Å².